The number of nitrogens with one attached hydrogen (secondary N) is 2. The molecule has 1 aromatic heterocycles. The number of alkyl halides is 3. The van der Waals surface area contributed by atoms with Gasteiger partial charge in [-0.25, -0.2) is 4.39 Å². The fourth-order valence-electron chi connectivity index (χ4n) is 6.34. The van der Waals surface area contributed by atoms with Crippen LogP contribution in [0.2, 0.25) is 0 Å². The van der Waals surface area contributed by atoms with E-state index in [2.05, 4.69) is 39.8 Å². The Bertz CT molecular complexity index is 1510. The average molecular weight is 614 g/mol. The summed E-state index contributed by atoms with van der Waals surface area (Å²) in [6, 6.07) is 8.60. The summed E-state index contributed by atoms with van der Waals surface area (Å²) in [4.78, 5) is 33.5. The van der Waals surface area contributed by atoms with Crippen molar-refractivity contribution < 1.29 is 27.2 Å². The van der Waals surface area contributed by atoms with Gasteiger partial charge in [0.2, 0.25) is 0 Å². The third-order valence-corrected chi connectivity index (χ3v) is 8.69. The quantitative estimate of drug-likeness (QED) is 0.287. The van der Waals surface area contributed by atoms with Gasteiger partial charge in [0.15, 0.2) is 5.82 Å². The number of H-pyrrole nitrogens is 1. The molecule has 2 heterocycles. The molecule has 2 aliphatic rings. The molecule has 1 spiro atoms. The van der Waals surface area contributed by atoms with Crippen molar-refractivity contribution in [2.24, 2.45) is 16.8 Å². The fraction of sp³-hybridized carbons (Fsp3) is 0.484. The molecule has 0 saturated heterocycles. The Balaban J connectivity index is 1.49. The number of tetrazole rings is 1. The van der Waals surface area contributed by atoms with Gasteiger partial charge in [-0.1, -0.05) is 44.5 Å². The second-order valence-electron chi connectivity index (χ2n) is 11.9. The Kier molecular flexibility index (Phi) is 8.85. The van der Waals surface area contributed by atoms with Crippen molar-refractivity contribution >= 4 is 17.5 Å². The highest BCUT2D eigenvalue weighted by molar-refractivity contribution is 6.46. The van der Waals surface area contributed by atoms with Crippen molar-refractivity contribution in [3.63, 3.8) is 0 Å². The lowest BCUT2D eigenvalue weighted by atomic mass is 9.76. The van der Waals surface area contributed by atoms with Crippen LogP contribution in [0.15, 0.2) is 47.5 Å². The number of halogens is 4. The molecule has 234 valence electrons. The number of aromatic amines is 1. The maximum atomic E-state index is 14.5. The molecule has 1 saturated carbocycles. The minimum absolute atomic E-state index is 0.0912. The van der Waals surface area contributed by atoms with E-state index in [4.69, 9.17) is 4.99 Å². The molecule has 3 aromatic rings. The summed E-state index contributed by atoms with van der Waals surface area (Å²) < 4.78 is 55.2. The average Bonchev–Trinajstić information content (AvgIpc) is 3.61. The van der Waals surface area contributed by atoms with Crippen molar-refractivity contribution in [1.82, 2.24) is 30.8 Å². The Morgan fingerprint density at radius 1 is 1.14 bits per heavy atom. The zero-order chi connectivity index (χ0) is 31.6. The van der Waals surface area contributed by atoms with Gasteiger partial charge in [0.25, 0.3) is 11.8 Å². The zero-order valence-corrected chi connectivity index (χ0v) is 24.8. The largest absolute Gasteiger partial charge is 0.416 e. The maximum absolute atomic E-state index is 14.5. The number of nitrogens with zero attached hydrogens (tertiary/aromatic N) is 5. The van der Waals surface area contributed by atoms with E-state index < -0.39 is 35.2 Å². The van der Waals surface area contributed by atoms with Crippen LogP contribution in [0.5, 0.6) is 0 Å². The summed E-state index contributed by atoms with van der Waals surface area (Å²) in [5.41, 5.74) is -1.31. The number of carbonyl (C=O) groups excluding carboxylic acids is 2. The molecule has 1 aliphatic heterocycles. The van der Waals surface area contributed by atoms with E-state index in [1.807, 2.05) is 6.92 Å². The predicted molar refractivity (Wildman–Crippen MR) is 154 cm³/mol. The number of amides is 2. The molecule has 1 fully saturated rings. The Morgan fingerprint density at radius 3 is 2.43 bits per heavy atom. The van der Waals surface area contributed by atoms with E-state index in [-0.39, 0.29) is 23.7 Å². The molecular formula is C31H35F4N7O2. The molecule has 44 heavy (non-hydrogen) atoms. The number of aromatic nitrogens is 4. The normalized spacial score (nSPS) is 21.2. The smallest absolute Gasteiger partial charge is 0.345 e. The lowest BCUT2D eigenvalue weighted by molar-refractivity contribution is -0.138. The number of aliphatic imine (C=N–C) groups is 1. The molecule has 0 bridgehead atoms. The summed E-state index contributed by atoms with van der Waals surface area (Å²) in [6.45, 7) is 6.38. The molecule has 0 radical (unpaired) electrons. The summed E-state index contributed by atoms with van der Waals surface area (Å²) in [7, 11) is 0. The van der Waals surface area contributed by atoms with Crippen LogP contribution in [-0.4, -0.2) is 48.7 Å². The van der Waals surface area contributed by atoms with E-state index in [9.17, 15) is 27.2 Å². The van der Waals surface area contributed by atoms with E-state index in [0.717, 1.165) is 30.5 Å². The molecule has 2 N–H and O–H groups in total. The topological polar surface area (TPSA) is 116 Å². The molecule has 2 aromatic carbocycles. The van der Waals surface area contributed by atoms with Crippen molar-refractivity contribution in [3.8, 4) is 0 Å². The van der Waals surface area contributed by atoms with E-state index in [1.54, 1.807) is 29.2 Å². The van der Waals surface area contributed by atoms with E-state index >= 15 is 0 Å². The van der Waals surface area contributed by atoms with Crippen LogP contribution in [0.25, 0.3) is 0 Å². The minimum Gasteiger partial charge on any atom is -0.345 e. The van der Waals surface area contributed by atoms with Gasteiger partial charge in [-0.05, 0) is 79.8 Å². The van der Waals surface area contributed by atoms with Crippen molar-refractivity contribution in [3.05, 3.63) is 76.4 Å². The van der Waals surface area contributed by atoms with Crippen LogP contribution < -0.4 is 5.32 Å². The maximum Gasteiger partial charge on any atom is 0.416 e. The van der Waals surface area contributed by atoms with Crippen molar-refractivity contribution in [2.45, 2.75) is 83.7 Å². The van der Waals surface area contributed by atoms with Gasteiger partial charge >= 0.3 is 6.18 Å². The molecule has 9 nitrogen and oxygen atoms in total. The van der Waals surface area contributed by atoms with Crippen LogP contribution in [-0.2, 0) is 17.5 Å². The first-order valence-corrected chi connectivity index (χ1v) is 14.8. The van der Waals surface area contributed by atoms with Crippen LogP contribution in [0.4, 0.5) is 17.6 Å². The number of benzene rings is 2. The Hall–Kier alpha value is -4.16. The summed E-state index contributed by atoms with van der Waals surface area (Å²) >= 11 is 0. The summed E-state index contributed by atoms with van der Waals surface area (Å²) in [5.74, 6) is -0.751. The first kappa shape index (κ1) is 31.3. The van der Waals surface area contributed by atoms with Crippen LogP contribution in [0.3, 0.4) is 0 Å². The highest BCUT2D eigenvalue weighted by atomic mass is 19.4. The highest BCUT2D eigenvalue weighted by Crippen LogP contribution is 2.48. The molecule has 1 atom stereocenters. The zero-order valence-electron chi connectivity index (χ0n) is 24.8. The summed E-state index contributed by atoms with van der Waals surface area (Å²) in [6.07, 6.45) is -0.826. The van der Waals surface area contributed by atoms with Crippen LogP contribution in [0, 0.1) is 17.7 Å². The fourth-order valence-corrected chi connectivity index (χ4v) is 6.34. The van der Waals surface area contributed by atoms with Gasteiger partial charge in [-0.3, -0.25) is 14.6 Å². The molecule has 2 amide bonds. The van der Waals surface area contributed by atoms with Crippen LogP contribution in [0.1, 0.15) is 98.2 Å². The summed E-state index contributed by atoms with van der Waals surface area (Å²) in [5, 5.41) is 16.1. The van der Waals surface area contributed by atoms with E-state index in [1.165, 1.54) is 0 Å². The highest BCUT2D eigenvalue weighted by Gasteiger charge is 2.52. The van der Waals surface area contributed by atoms with E-state index in [0.29, 0.717) is 55.0 Å². The lowest BCUT2D eigenvalue weighted by Crippen LogP contribution is -2.51. The molecule has 13 heteroatoms. The van der Waals surface area contributed by atoms with Gasteiger partial charge in [-0.2, -0.15) is 18.4 Å². The first-order valence-electron chi connectivity index (χ1n) is 14.8. The second-order valence-corrected chi connectivity index (χ2v) is 11.9. The molecular weight excluding hydrogens is 578 g/mol. The third kappa shape index (κ3) is 6.36. The van der Waals surface area contributed by atoms with Gasteiger partial charge in [0.05, 0.1) is 18.2 Å². The second kappa shape index (κ2) is 12.4. The molecule has 1 aliphatic carbocycles. The molecule has 5 rings (SSSR count). The predicted octanol–water partition coefficient (Wildman–Crippen LogP) is 6.00. The standard InChI is InChI=1S/C31H35F4N7O2/c1-4-5-25(20-6-8-21(9-7-20)28(43)36-17-26-38-40-41-39-26)42-29(44)27(22-14-23(31(33,34)35)16-24(32)15-22)37-30(42)12-10-19(11-13-30)18(2)3/h6-9,14-16,18-19,25H,4-5,10-13,17H2,1-3H3,(H,36,43)(H,38,39,40,41). The lowest BCUT2D eigenvalue weighted by Gasteiger charge is -2.46. The monoisotopic (exact) mass is 613 g/mol. The number of rotatable bonds is 9. The van der Waals surface area contributed by atoms with Gasteiger partial charge in [0.1, 0.15) is 17.2 Å². The van der Waals surface area contributed by atoms with Crippen molar-refractivity contribution in [2.75, 3.05) is 0 Å². The Labute approximate surface area is 252 Å². The SMILES string of the molecule is CCCC(c1ccc(C(=O)NCc2nn[nH]n2)cc1)N1C(=O)C(c2cc(F)cc(C(F)(F)F)c2)=NC12CCC(C(C)C)CC2. The third-order valence-electron chi connectivity index (χ3n) is 8.69. The first-order chi connectivity index (χ1) is 20.9. The minimum atomic E-state index is -4.78. The number of hydrogen-bond donors (Lipinski definition) is 2. The van der Waals surface area contributed by atoms with Crippen molar-refractivity contribution in [1.29, 1.82) is 0 Å². The number of carbonyl (C=O) groups is 2. The van der Waals surface area contributed by atoms with Gasteiger partial charge < -0.3 is 10.2 Å². The Morgan fingerprint density at radius 2 is 1.84 bits per heavy atom. The molecule has 1 unspecified atom stereocenters. The van der Waals surface area contributed by atoms with Gasteiger partial charge in [-0.15, -0.1) is 10.2 Å². The van der Waals surface area contributed by atoms with Crippen LogP contribution >= 0.6 is 0 Å². The van der Waals surface area contributed by atoms with Gasteiger partial charge in [0, 0.05) is 11.1 Å². The number of hydrogen-bond acceptors (Lipinski definition) is 6.